The van der Waals surface area contributed by atoms with Gasteiger partial charge in [0.15, 0.2) is 0 Å². The highest BCUT2D eigenvalue weighted by Crippen LogP contribution is 2.37. The molecule has 1 aliphatic heterocycles. The van der Waals surface area contributed by atoms with E-state index >= 15 is 0 Å². The van der Waals surface area contributed by atoms with Gasteiger partial charge >= 0.3 is 0 Å². The number of likely N-dealkylation sites (tertiary alicyclic amines) is 1. The van der Waals surface area contributed by atoms with Crippen LogP contribution in [0.4, 0.5) is 0 Å². The molecular formula is C16H24N2O. The van der Waals surface area contributed by atoms with Crippen LogP contribution in [-0.2, 0) is 10.2 Å². The molecule has 1 amide bonds. The summed E-state index contributed by atoms with van der Waals surface area (Å²) in [5.74, 6) is 0.251. The van der Waals surface area contributed by atoms with Crippen molar-refractivity contribution in [2.24, 2.45) is 0 Å². The van der Waals surface area contributed by atoms with Crippen LogP contribution in [0.3, 0.4) is 0 Å². The van der Waals surface area contributed by atoms with Gasteiger partial charge in [-0.15, -0.1) is 0 Å². The Balaban J connectivity index is 2.41. The Morgan fingerprint density at radius 3 is 2.68 bits per heavy atom. The predicted molar refractivity (Wildman–Crippen MR) is 78.4 cm³/mol. The highest BCUT2D eigenvalue weighted by atomic mass is 16.2. The third-order valence-electron chi connectivity index (χ3n) is 4.31. The minimum Gasteiger partial charge on any atom is -0.346 e. The maximum atomic E-state index is 12.1. The van der Waals surface area contributed by atoms with Gasteiger partial charge in [0.05, 0.1) is 0 Å². The summed E-state index contributed by atoms with van der Waals surface area (Å²) in [7, 11) is 3.86. The first-order valence-electron chi connectivity index (χ1n) is 6.95. The van der Waals surface area contributed by atoms with Crippen LogP contribution in [0.25, 0.3) is 0 Å². The SMILES string of the molecule is CNCC1(c2ccc(C)cc2C)CCN(C)C(=O)C1. The fraction of sp³-hybridized carbons (Fsp3) is 0.562. The number of nitrogens with one attached hydrogen (secondary N) is 1. The number of amides is 1. The summed E-state index contributed by atoms with van der Waals surface area (Å²) < 4.78 is 0. The Hall–Kier alpha value is -1.35. The van der Waals surface area contributed by atoms with Gasteiger partial charge in [-0.3, -0.25) is 4.79 Å². The first kappa shape index (κ1) is 14.1. The highest BCUT2D eigenvalue weighted by molar-refractivity contribution is 5.79. The fourth-order valence-electron chi connectivity index (χ4n) is 3.24. The van der Waals surface area contributed by atoms with E-state index < -0.39 is 0 Å². The zero-order valence-corrected chi connectivity index (χ0v) is 12.4. The van der Waals surface area contributed by atoms with Crippen molar-refractivity contribution in [1.82, 2.24) is 10.2 Å². The maximum absolute atomic E-state index is 12.1. The highest BCUT2D eigenvalue weighted by Gasteiger charge is 2.39. The van der Waals surface area contributed by atoms with E-state index in [0.29, 0.717) is 6.42 Å². The second-order valence-corrected chi connectivity index (χ2v) is 5.87. The molecule has 1 aliphatic rings. The normalized spacial score (nSPS) is 23.8. The molecule has 0 aromatic heterocycles. The van der Waals surface area contributed by atoms with Gasteiger partial charge in [-0.05, 0) is 38.4 Å². The summed E-state index contributed by atoms with van der Waals surface area (Å²) in [4.78, 5) is 14.0. The monoisotopic (exact) mass is 260 g/mol. The fourth-order valence-corrected chi connectivity index (χ4v) is 3.24. The molecule has 104 valence electrons. The third-order valence-corrected chi connectivity index (χ3v) is 4.31. The molecule has 1 heterocycles. The Morgan fingerprint density at radius 1 is 1.37 bits per heavy atom. The molecule has 0 saturated carbocycles. The Kier molecular flexibility index (Phi) is 3.95. The van der Waals surface area contributed by atoms with E-state index in [0.717, 1.165) is 19.5 Å². The molecule has 0 spiro atoms. The standard InChI is InChI=1S/C16H24N2O/c1-12-5-6-14(13(2)9-12)16(11-17-3)7-8-18(4)15(19)10-16/h5-6,9,17H,7-8,10-11H2,1-4H3. The van der Waals surface area contributed by atoms with E-state index in [1.807, 2.05) is 19.0 Å². The first-order valence-corrected chi connectivity index (χ1v) is 6.95. The summed E-state index contributed by atoms with van der Waals surface area (Å²) in [6, 6.07) is 6.58. The number of carbonyl (C=O) groups is 1. The van der Waals surface area contributed by atoms with Gasteiger partial charge in [0, 0.05) is 32.0 Å². The zero-order chi connectivity index (χ0) is 14.0. The van der Waals surface area contributed by atoms with Crippen LogP contribution >= 0.6 is 0 Å². The van der Waals surface area contributed by atoms with E-state index in [1.165, 1.54) is 16.7 Å². The van der Waals surface area contributed by atoms with Crippen molar-refractivity contribution in [1.29, 1.82) is 0 Å². The minimum absolute atomic E-state index is 0.0455. The Bertz CT molecular complexity index is 484. The van der Waals surface area contributed by atoms with Crippen molar-refractivity contribution in [3.63, 3.8) is 0 Å². The van der Waals surface area contributed by atoms with E-state index in [4.69, 9.17) is 0 Å². The number of carbonyl (C=O) groups excluding carboxylic acids is 1. The van der Waals surface area contributed by atoms with Crippen LogP contribution < -0.4 is 5.32 Å². The topological polar surface area (TPSA) is 32.3 Å². The van der Waals surface area contributed by atoms with Gasteiger partial charge in [-0.1, -0.05) is 23.8 Å². The molecule has 0 bridgehead atoms. The lowest BCUT2D eigenvalue weighted by Gasteiger charge is -2.41. The number of piperidine rings is 1. The number of likely N-dealkylation sites (N-methyl/N-ethyl adjacent to an activating group) is 1. The zero-order valence-electron chi connectivity index (χ0n) is 12.4. The lowest BCUT2D eigenvalue weighted by molar-refractivity contribution is -0.134. The lowest BCUT2D eigenvalue weighted by Crippen LogP contribution is -2.49. The van der Waals surface area contributed by atoms with Crippen molar-refractivity contribution in [3.05, 3.63) is 34.9 Å². The smallest absolute Gasteiger partial charge is 0.223 e. The van der Waals surface area contributed by atoms with Gasteiger partial charge in [0.1, 0.15) is 0 Å². The lowest BCUT2D eigenvalue weighted by atomic mass is 9.70. The van der Waals surface area contributed by atoms with Crippen LogP contribution in [0.1, 0.15) is 29.5 Å². The maximum Gasteiger partial charge on any atom is 0.223 e. The molecule has 1 aromatic rings. The van der Waals surface area contributed by atoms with Crippen molar-refractivity contribution in [2.45, 2.75) is 32.1 Å². The molecule has 19 heavy (non-hydrogen) atoms. The summed E-state index contributed by atoms with van der Waals surface area (Å²) >= 11 is 0. The van der Waals surface area contributed by atoms with Crippen molar-refractivity contribution in [2.75, 3.05) is 27.2 Å². The molecule has 1 fully saturated rings. The molecule has 0 radical (unpaired) electrons. The van der Waals surface area contributed by atoms with Gasteiger partial charge in [0.25, 0.3) is 0 Å². The molecule has 3 nitrogen and oxygen atoms in total. The number of rotatable bonds is 3. The van der Waals surface area contributed by atoms with Gasteiger partial charge in [-0.25, -0.2) is 0 Å². The molecule has 1 saturated heterocycles. The van der Waals surface area contributed by atoms with Gasteiger partial charge in [0.2, 0.25) is 5.91 Å². The van der Waals surface area contributed by atoms with Crippen molar-refractivity contribution >= 4 is 5.91 Å². The largest absolute Gasteiger partial charge is 0.346 e. The van der Waals surface area contributed by atoms with Gasteiger partial charge < -0.3 is 10.2 Å². The summed E-state index contributed by atoms with van der Waals surface area (Å²) in [5, 5.41) is 3.28. The second-order valence-electron chi connectivity index (χ2n) is 5.87. The van der Waals surface area contributed by atoms with Crippen LogP contribution in [0, 0.1) is 13.8 Å². The molecule has 3 heteroatoms. The van der Waals surface area contributed by atoms with E-state index in [1.54, 1.807) is 0 Å². The second kappa shape index (κ2) is 5.33. The molecule has 1 N–H and O–H groups in total. The molecule has 1 aromatic carbocycles. The first-order chi connectivity index (χ1) is 8.98. The predicted octanol–water partition coefficient (Wildman–Crippen LogP) is 2.01. The summed E-state index contributed by atoms with van der Waals surface area (Å²) in [6.45, 7) is 5.97. The quantitative estimate of drug-likeness (QED) is 0.901. The van der Waals surface area contributed by atoms with E-state index in [9.17, 15) is 4.79 Å². The number of nitrogens with zero attached hydrogens (tertiary/aromatic N) is 1. The van der Waals surface area contributed by atoms with Crippen LogP contribution in [0.2, 0.25) is 0 Å². The van der Waals surface area contributed by atoms with Crippen LogP contribution in [0.15, 0.2) is 18.2 Å². The number of benzene rings is 1. The van der Waals surface area contributed by atoms with E-state index in [-0.39, 0.29) is 11.3 Å². The Labute approximate surface area is 116 Å². The van der Waals surface area contributed by atoms with Crippen molar-refractivity contribution < 1.29 is 4.79 Å². The van der Waals surface area contributed by atoms with E-state index in [2.05, 4.69) is 37.4 Å². The molecule has 2 rings (SSSR count). The molecule has 1 atom stereocenters. The average molecular weight is 260 g/mol. The summed E-state index contributed by atoms with van der Waals surface area (Å²) in [5.41, 5.74) is 3.86. The number of hydrogen-bond donors (Lipinski definition) is 1. The molecular weight excluding hydrogens is 236 g/mol. The number of hydrogen-bond acceptors (Lipinski definition) is 2. The number of aryl methyl sites for hydroxylation is 2. The summed E-state index contributed by atoms with van der Waals surface area (Å²) in [6.07, 6.45) is 1.63. The third kappa shape index (κ3) is 2.66. The molecule has 1 unspecified atom stereocenters. The van der Waals surface area contributed by atoms with Crippen LogP contribution in [-0.4, -0.2) is 38.0 Å². The molecule has 0 aliphatic carbocycles. The van der Waals surface area contributed by atoms with Crippen LogP contribution in [0.5, 0.6) is 0 Å². The van der Waals surface area contributed by atoms with Gasteiger partial charge in [-0.2, -0.15) is 0 Å². The Morgan fingerprint density at radius 2 is 2.11 bits per heavy atom. The average Bonchev–Trinajstić information content (AvgIpc) is 2.34. The minimum atomic E-state index is -0.0455. The van der Waals surface area contributed by atoms with Crippen molar-refractivity contribution in [3.8, 4) is 0 Å².